The largest absolute Gasteiger partial charge is 0.464 e. The summed E-state index contributed by atoms with van der Waals surface area (Å²) in [5.74, 6) is -0.976. The number of nitrogens with zero attached hydrogens (tertiary/aromatic N) is 1. The van der Waals surface area contributed by atoms with Gasteiger partial charge in [-0.2, -0.15) is 0 Å². The number of rotatable bonds is 3. The molecule has 4 nitrogen and oxygen atoms in total. The van der Waals surface area contributed by atoms with Gasteiger partial charge in [-0.05, 0) is 67.0 Å². The van der Waals surface area contributed by atoms with E-state index in [0.29, 0.717) is 28.7 Å². The van der Waals surface area contributed by atoms with Crippen molar-refractivity contribution >= 4 is 34.5 Å². The zero-order valence-corrected chi connectivity index (χ0v) is 13.9. The summed E-state index contributed by atoms with van der Waals surface area (Å²) in [6, 6.07) is 3.51. The fraction of sp³-hybridized carbons (Fsp3) is 0.467. The Hall–Kier alpha value is -1.18. The Labute approximate surface area is 136 Å². The molecule has 114 valence electrons. The predicted molar refractivity (Wildman–Crippen MR) is 84.4 cm³/mol. The Balaban J connectivity index is 2.24. The van der Waals surface area contributed by atoms with Gasteiger partial charge >= 0.3 is 5.97 Å². The molecule has 0 N–H and O–H groups in total. The molecule has 0 saturated carbocycles. The smallest absolute Gasteiger partial charge is 0.328 e. The molecule has 1 amide bonds. The summed E-state index contributed by atoms with van der Waals surface area (Å²) < 4.78 is 18.8. The zero-order valence-electron chi connectivity index (χ0n) is 11.8. The van der Waals surface area contributed by atoms with Gasteiger partial charge in [0.15, 0.2) is 0 Å². The number of amides is 1. The number of likely N-dealkylation sites (tertiary alicyclic amines) is 1. The number of hydrogen-bond acceptors (Lipinski definition) is 3. The minimum atomic E-state index is -0.535. The number of ether oxygens (including phenoxy) is 1. The van der Waals surface area contributed by atoms with Crippen molar-refractivity contribution in [2.45, 2.75) is 32.2 Å². The summed E-state index contributed by atoms with van der Waals surface area (Å²) in [4.78, 5) is 26.2. The standard InChI is InChI=1S/C15H17FINO3/c1-2-21-15(20)13-5-3-4-8-18(13)14(19)11-7-6-10(16)9-12(11)17/h6-7,9,13H,2-5,8H2,1H3. The number of carbonyl (C=O) groups is 2. The molecule has 1 aromatic carbocycles. The van der Waals surface area contributed by atoms with Gasteiger partial charge in [0, 0.05) is 10.1 Å². The molecule has 1 fully saturated rings. The van der Waals surface area contributed by atoms with Gasteiger partial charge in [0.2, 0.25) is 0 Å². The molecule has 1 heterocycles. The first-order valence-electron chi connectivity index (χ1n) is 6.97. The molecule has 1 aliphatic rings. The number of esters is 1. The molecular weight excluding hydrogens is 388 g/mol. The van der Waals surface area contributed by atoms with Crippen molar-refractivity contribution in [3.8, 4) is 0 Å². The van der Waals surface area contributed by atoms with Gasteiger partial charge in [-0.25, -0.2) is 9.18 Å². The van der Waals surface area contributed by atoms with E-state index in [1.54, 1.807) is 11.8 Å². The minimum Gasteiger partial charge on any atom is -0.464 e. The Morgan fingerprint density at radius 1 is 1.43 bits per heavy atom. The van der Waals surface area contributed by atoms with Gasteiger partial charge in [0.05, 0.1) is 12.2 Å². The van der Waals surface area contributed by atoms with Crippen LogP contribution in [0.15, 0.2) is 18.2 Å². The van der Waals surface area contributed by atoms with E-state index in [-0.39, 0.29) is 17.7 Å². The lowest BCUT2D eigenvalue weighted by Gasteiger charge is -2.34. The monoisotopic (exact) mass is 405 g/mol. The number of carbonyl (C=O) groups excluding carboxylic acids is 2. The molecule has 0 spiro atoms. The SMILES string of the molecule is CCOC(=O)C1CCCCN1C(=O)c1ccc(F)cc1I. The van der Waals surface area contributed by atoms with E-state index in [4.69, 9.17) is 4.74 Å². The molecule has 1 aliphatic heterocycles. The summed E-state index contributed by atoms with van der Waals surface area (Å²) >= 11 is 1.93. The fourth-order valence-corrected chi connectivity index (χ4v) is 3.18. The van der Waals surface area contributed by atoms with Crippen molar-refractivity contribution < 1.29 is 18.7 Å². The molecular formula is C15H17FINO3. The summed E-state index contributed by atoms with van der Waals surface area (Å²) in [5, 5.41) is 0. The van der Waals surface area contributed by atoms with Crippen LogP contribution in [0, 0.1) is 9.39 Å². The van der Waals surface area contributed by atoms with Crippen LogP contribution in [0.1, 0.15) is 36.5 Å². The van der Waals surface area contributed by atoms with E-state index in [9.17, 15) is 14.0 Å². The highest BCUT2D eigenvalue weighted by molar-refractivity contribution is 14.1. The number of halogens is 2. The van der Waals surface area contributed by atoms with Crippen molar-refractivity contribution in [1.82, 2.24) is 4.90 Å². The zero-order chi connectivity index (χ0) is 15.4. The second-order valence-electron chi connectivity index (χ2n) is 4.89. The summed E-state index contributed by atoms with van der Waals surface area (Å²) in [6.45, 7) is 2.57. The van der Waals surface area contributed by atoms with Gasteiger partial charge in [-0.1, -0.05) is 0 Å². The third-order valence-corrected chi connectivity index (χ3v) is 4.38. The first-order valence-corrected chi connectivity index (χ1v) is 8.05. The summed E-state index contributed by atoms with van der Waals surface area (Å²) in [5.41, 5.74) is 0.424. The molecule has 1 saturated heterocycles. The van der Waals surface area contributed by atoms with Crippen LogP contribution >= 0.6 is 22.6 Å². The van der Waals surface area contributed by atoms with Gasteiger partial charge in [0.1, 0.15) is 11.9 Å². The van der Waals surface area contributed by atoms with E-state index >= 15 is 0 Å². The Morgan fingerprint density at radius 2 is 2.19 bits per heavy atom. The Bertz CT molecular complexity index is 550. The van der Waals surface area contributed by atoms with Crippen molar-refractivity contribution in [2.75, 3.05) is 13.2 Å². The molecule has 0 bridgehead atoms. The fourth-order valence-electron chi connectivity index (χ4n) is 2.48. The minimum absolute atomic E-state index is 0.239. The molecule has 1 atom stereocenters. The average molecular weight is 405 g/mol. The van der Waals surface area contributed by atoms with Crippen LogP contribution in [-0.4, -0.2) is 36.0 Å². The van der Waals surface area contributed by atoms with Crippen LogP contribution in [-0.2, 0) is 9.53 Å². The molecule has 2 rings (SSSR count). The van der Waals surface area contributed by atoms with Gasteiger partial charge in [-0.15, -0.1) is 0 Å². The molecule has 0 radical (unpaired) electrons. The first-order chi connectivity index (χ1) is 10.0. The van der Waals surface area contributed by atoms with Crippen LogP contribution < -0.4 is 0 Å². The second-order valence-corrected chi connectivity index (χ2v) is 6.05. The number of hydrogen-bond donors (Lipinski definition) is 0. The highest BCUT2D eigenvalue weighted by Gasteiger charge is 2.34. The van der Waals surface area contributed by atoms with Crippen molar-refractivity contribution in [3.63, 3.8) is 0 Å². The topological polar surface area (TPSA) is 46.6 Å². The maximum atomic E-state index is 13.2. The van der Waals surface area contributed by atoms with E-state index in [1.807, 2.05) is 22.6 Å². The van der Waals surface area contributed by atoms with E-state index in [2.05, 4.69) is 0 Å². The van der Waals surface area contributed by atoms with Crippen LogP contribution in [0.3, 0.4) is 0 Å². The second kappa shape index (κ2) is 7.20. The summed E-state index contributed by atoms with van der Waals surface area (Å²) in [7, 11) is 0. The lowest BCUT2D eigenvalue weighted by molar-refractivity contribution is -0.149. The number of piperidine rings is 1. The van der Waals surface area contributed by atoms with Crippen LogP contribution in [0.4, 0.5) is 4.39 Å². The van der Waals surface area contributed by atoms with Crippen LogP contribution in [0.5, 0.6) is 0 Å². The third kappa shape index (κ3) is 3.72. The molecule has 1 unspecified atom stereocenters. The van der Waals surface area contributed by atoms with E-state index < -0.39 is 6.04 Å². The lowest BCUT2D eigenvalue weighted by atomic mass is 10.0. The number of benzene rings is 1. The van der Waals surface area contributed by atoms with E-state index in [0.717, 1.165) is 12.8 Å². The quantitative estimate of drug-likeness (QED) is 0.574. The van der Waals surface area contributed by atoms with Crippen LogP contribution in [0.25, 0.3) is 0 Å². The maximum absolute atomic E-state index is 13.2. The van der Waals surface area contributed by atoms with Crippen molar-refractivity contribution in [2.24, 2.45) is 0 Å². The molecule has 0 aliphatic carbocycles. The predicted octanol–water partition coefficient (Wildman–Crippen LogP) is 2.99. The highest BCUT2D eigenvalue weighted by Crippen LogP contribution is 2.23. The Kier molecular flexibility index (Phi) is 5.55. The van der Waals surface area contributed by atoms with Gasteiger partial charge < -0.3 is 9.64 Å². The van der Waals surface area contributed by atoms with Crippen molar-refractivity contribution in [1.29, 1.82) is 0 Å². The molecule has 0 aromatic heterocycles. The lowest BCUT2D eigenvalue weighted by Crippen LogP contribution is -2.48. The highest BCUT2D eigenvalue weighted by atomic mass is 127. The van der Waals surface area contributed by atoms with Gasteiger partial charge in [0.25, 0.3) is 5.91 Å². The Morgan fingerprint density at radius 3 is 2.86 bits per heavy atom. The average Bonchev–Trinajstić information content (AvgIpc) is 2.47. The normalized spacial score (nSPS) is 18.4. The van der Waals surface area contributed by atoms with Crippen molar-refractivity contribution in [3.05, 3.63) is 33.1 Å². The van der Waals surface area contributed by atoms with Gasteiger partial charge in [-0.3, -0.25) is 4.79 Å². The molecule has 1 aromatic rings. The maximum Gasteiger partial charge on any atom is 0.328 e. The summed E-state index contributed by atoms with van der Waals surface area (Å²) in [6.07, 6.45) is 2.37. The van der Waals surface area contributed by atoms with E-state index in [1.165, 1.54) is 18.2 Å². The molecule has 6 heteroatoms. The third-order valence-electron chi connectivity index (χ3n) is 3.48. The van der Waals surface area contributed by atoms with Crippen LogP contribution in [0.2, 0.25) is 0 Å². The first kappa shape index (κ1) is 16.2. The molecule has 21 heavy (non-hydrogen) atoms.